The van der Waals surface area contributed by atoms with Crippen LogP contribution in [0.1, 0.15) is 55.0 Å². The van der Waals surface area contributed by atoms with Gasteiger partial charge in [-0.3, -0.25) is 0 Å². The molecule has 34 heavy (non-hydrogen) atoms. The second kappa shape index (κ2) is 10.8. The molecular weight excluding hydrogens is 422 g/mol. The van der Waals surface area contributed by atoms with Crippen LogP contribution in [0.5, 0.6) is 11.5 Å². The van der Waals surface area contributed by atoms with E-state index in [1.54, 1.807) is 14.2 Å². The zero-order valence-electron chi connectivity index (χ0n) is 20.1. The van der Waals surface area contributed by atoms with Gasteiger partial charge in [0.2, 0.25) is 0 Å². The van der Waals surface area contributed by atoms with Gasteiger partial charge in [-0.05, 0) is 53.9 Å². The Balaban J connectivity index is 1.76. The van der Waals surface area contributed by atoms with Crippen molar-refractivity contribution in [3.63, 3.8) is 0 Å². The lowest BCUT2D eigenvalue weighted by Crippen LogP contribution is -2.52. The molecule has 3 aromatic rings. The van der Waals surface area contributed by atoms with E-state index in [-0.39, 0.29) is 18.0 Å². The summed E-state index contributed by atoms with van der Waals surface area (Å²) >= 11 is 0. The third kappa shape index (κ3) is 5.28. The SMILES string of the molecule is CCC[C@@H]1[C@@H](c2ccc(OC)cc2)N[C@H](c2ccc(OC)cc2)C[C@@]1(O)C#Cc1ccccc1. The quantitative estimate of drug-likeness (QED) is 0.470. The van der Waals surface area contributed by atoms with Crippen molar-refractivity contribution in [1.29, 1.82) is 0 Å². The number of hydrogen-bond donors (Lipinski definition) is 2. The highest BCUT2D eigenvalue weighted by atomic mass is 16.5. The number of nitrogens with one attached hydrogen (secondary N) is 1. The van der Waals surface area contributed by atoms with Crippen molar-refractivity contribution in [1.82, 2.24) is 5.32 Å². The minimum absolute atomic E-state index is 0.0539. The first-order chi connectivity index (χ1) is 16.6. The van der Waals surface area contributed by atoms with Crippen LogP contribution in [0, 0.1) is 17.8 Å². The summed E-state index contributed by atoms with van der Waals surface area (Å²) in [6.45, 7) is 2.16. The maximum Gasteiger partial charge on any atom is 0.132 e. The van der Waals surface area contributed by atoms with Crippen molar-refractivity contribution in [2.24, 2.45) is 5.92 Å². The largest absolute Gasteiger partial charge is 0.497 e. The van der Waals surface area contributed by atoms with Gasteiger partial charge in [-0.1, -0.05) is 67.6 Å². The van der Waals surface area contributed by atoms with Crippen molar-refractivity contribution in [2.45, 2.75) is 43.9 Å². The van der Waals surface area contributed by atoms with Gasteiger partial charge in [-0.25, -0.2) is 0 Å². The first kappa shape index (κ1) is 23.9. The molecule has 1 fully saturated rings. The van der Waals surface area contributed by atoms with Crippen LogP contribution < -0.4 is 14.8 Å². The number of rotatable bonds is 6. The molecule has 0 saturated carbocycles. The number of methoxy groups -OCH3 is 2. The van der Waals surface area contributed by atoms with E-state index in [1.807, 2.05) is 54.6 Å². The highest BCUT2D eigenvalue weighted by Crippen LogP contribution is 2.45. The Bertz CT molecular complexity index is 1120. The van der Waals surface area contributed by atoms with Gasteiger partial charge in [-0.2, -0.15) is 0 Å². The van der Waals surface area contributed by atoms with Crippen LogP contribution >= 0.6 is 0 Å². The van der Waals surface area contributed by atoms with E-state index in [9.17, 15) is 5.11 Å². The Hall–Kier alpha value is -3.26. The lowest BCUT2D eigenvalue weighted by Gasteiger charge is -2.46. The summed E-state index contributed by atoms with van der Waals surface area (Å²) in [6.07, 6.45) is 2.33. The monoisotopic (exact) mass is 455 g/mol. The molecule has 4 heteroatoms. The smallest absolute Gasteiger partial charge is 0.132 e. The van der Waals surface area contributed by atoms with Crippen molar-refractivity contribution in [3.8, 4) is 23.3 Å². The average Bonchev–Trinajstić information content (AvgIpc) is 2.89. The molecule has 1 aliphatic rings. The predicted molar refractivity (Wildman–Crippen MR) is 136 cm³/mol. The molecule has 0 amide bonds. The van der Waals surface area contributed by atoms with Gasteiger partial charge in [0, 0.05) is 30.0 Å². The molecule has 1 heterocycles. The van der Waals surface area contributed by atoms with Gasteiger partial charge in [0.05, 0.1) is 14.2 Å². The molecule has 176 valence electrons. The van der Waals surface area contributed by atoms with Crippen molar-refractivity contribution >= 4 is 0 Å². The molecule has 4 nitrogen and oxygen atoms in total. The van der Waals surface area contributed by atoms with Crippen molar-refractivity contribution in [2.75, 3.05) is 14.2 Å². The van der Waals surface area contributed by atoms with Crippen LogP contribution in [0.15, 0.2) is 78.9 Å². The summed E-state index contributed by atoms with van der Waals surface area (Å²) in [6, 6.07) is 26.0. The Morgan fingerprint density at radius 1 is 0.882 bits per heavy atom. The van der Waals surface area contributed by atoms with E-state index in [1.165, 1.54) is 0 Å². The van der Waals surface area contributed by atoms with Gasteiger partial charge in [-0.15, -0.1) is 0 Å². The summed E-state index contributed by atoms with van der Waals surface area (Å²) in [7, 11) is 3.34. The van der Waals surface area contributed by atoms with E-state index < -0.39 is 5.60 Å². The number of piperidine rings is 1. The molecule has 0 bridgehead atoms. The second-order valence-corrected chi connectivity index (χ2v) is 8.88. The second-order valence-electron chi connectivity index (χ2n) is 8.88. The fourth-order valence-corrected chi connectivity index (χ4v) is 4.88. The number of hydrogen-bond acceptors (Lipinski definition) is 4. The molecule has 4 atom stereocenters. The van der Waals surface area contributed by atoms with Gasteiger partial charge in [0.1, 0.15) is 17.1 Å². The first-order valence-corrected chi connectivity index (χ1v) is 11.9. The zero-order valence-corrected chi connectivity index (χ0v) is 20.1. The van der Waals surface area contributed by atoms with Crippen molar-refractivity contribution in [3.05, 3.63) is 95.6 Å². The topological polar surface area (TPSA) is 50.7 Å². The maximum absolute atomic E-state index is 12.1. The van der Waals surface area contributed by atoms with Crippen LogP contribution in [-0.2, 0) is 0 Å². The van der Waals surface area contributed by atoms with Crippen LogP contribution in [0.4, 0.5) is 0 Å². The number of benzene rings is 3. The molecular formula is C30H33NO3. The van der Waals surface area contributed by atoms with E-state index in [0.29, 0.717) is 6.42 Å². The standard InChI is InChI=1S/C30H33NO3/c1-4-8-27-29(24-13-17-26(34-3)18-14-24)31-28(23-11-15-25(33-2)16-12-23)21-30(27,32)20-19-22-9-6-5-7-10-22/h5-7,9-18,27-29,31-32H,4,8,21H2,1-3H3/t27-,28+,29-,30+/m1/s1. The van der Waals surface area contributed by atoms with Crippen LogP contribution in [0.25, 0.3) is 0 Å². The lowest BCUT2D eigenvalue weighted by molar-refractivity contribution is -0.0318. The van der Waals surface area contributed by atoms with Gasteiger partial charge in [0.15, 0.2) is 0 Å². The van der Waals surface area contributed by atoms with E-state index in [4.69, 9.17) is 9.47 Å². The highest BCUT2D eigenvalue weighted by Gasteiger charge is 2.47. The molecule has 0 spiro atoms. The zero-order chi connectivity index (χ0) is 24.0. The molecule has 0 aliphatic carbocycles. The van der Waals surface area contributed by atoms with Crippen molar-refractivity contribution < 1.29 is 14.6 Å². The highest BCUT2D eigenvalue weighted by molar-refractivity contribution is 5.39. The Kier molecular flexibility index (Phi) is 7.57. The van der Waals surface area contributed by atoms with Crippen LogP contribution in [-0.4, -0.2) is 24.9 Å². The van der Waals surface area contributed by atoms with Gasteiger partial charge >= 0.3 is 0 Å². The number of ether oxygens (including phenoxy) is 2. The fourth-order valence-electron chi connectivity index (χ4n) is 4.88. The predicted octanol–water partition coefficient (Wildman–Crippen LogP) is 5.68. The van der Waals surface area contributed by atoms with E-state index in [2.05, 4.69) is 48.3 Å². The molecule has 0 radical (unpaired) electrons. The molecule has 1 saturated heterocycles. The van der Waals surface area contributed by atoms with Gasteiger partial charge < -0.3 is 19.9 Å². The normalized spacial score (nSPS) is 24.1. The molecule has 1 aliphatic heterocycles. The maximum atomic E-state index is 12.1. The minimum Gasteiger partial charge on any atom is -0.497 e. The molecule has 2 N–H and O–H groups in total. The molecule has 3 aromatic carbocycles. The molecule has 0 unspecified atom stereocenters. The summed E-state index contributed by atoms with van der Waals surface area (Å²) in [5, 5.41) is 16.0. The Morgan fingerprint density at radius 3 is 2.03 bits per heavy atom. The summed E-state index contributed by atoms with van der Waals surface area (Å²) < 4.78 is 10.7. The average molecular weight is 456 g/mol. The van der Waals surface area contributed by atoms with Gasteiger partial charge in [0.25, 0.3) is 0 Å². The molecule has 4 rings (SSSR count). The van der Waals surface area contributed by atoms with E-state index in [0.717, 1.165) is 41.0 Å². The minimum atomic E-state index is -1.15. The fraction of sp³-hybridized carbons (Fsp3) is 0.333. The summed E-state index contributed by atoms with van der Waals surface area (Å²) in [4.78, 5) is 0. The Morgan fingerprint density at radius 2 is 1.47 bits per heavy atom. The number of aliphatic hydroxyl groups is 1. The summed E-state index contributed by atoms with van der Waals surface area (Å²) in [5.41, 5.74) is 1.99. The van der Waals surface area contributed by atoms with Crippen LogP contribution in [0.3, 0.4) is 0 Å². The lowest BCUT2D eigenvalue weighted by atomic mass is 9.69. The third-order valence-corrected chi connectivity index (χ3v) is 6.70. The first-order valence-electron chi connectivity index (χ1n) is 11.9. The van der Waals surface area contributed by atoms with E-state index >= 15 is 0 Å². The summed E-state index contributed by atoms with van der Waals surface area (Å²) in [5.74, 6) is 8.14. The Labute approximate surface area is 202 Å². The van der Waals surface area contributed by atoms with Crippen LogP contribution in [0.2, 0.25) is 0 Å². The molecule has 0 aromatic heterocycles. The third-order valence-electron chi connectivity index (χ3n) is 6.70.